The van der Waals surface area contributed by atoms with E-state index in [0.29, 0.717) is 10.9 Å². The van der Waals surface area contributed by atoms with Gasteiger partial charge in [0.1, 0.15) is 5.75 Å². The fourth-order valence-electron chi connectivity index (χ4n) is 1.19. The molecule has 0 aliphatic carbocycles. The fourth-order valence-corrected chi connectivity index (χ4v) is 3.04. The van der Waals surface area contributed by atoms with Gasteiger partial charge in [0.2, 0.25) is 5.01 Å². The average molecular weight is 360 g/mol. The molecular weight excluding hydrogens is 350 g/mol. The van der Waals surface area contributed by atoms with Crippen LogP contribution in [0.2, 0.25) is 0 Å². The van der Waals surface area contributed by atoms with Crippen molar-refractivity contribution in [1.82, 2.24) is 10.2 Å². The van der Waals surface area contributed by atoms with E-state index in [4.69, 9.17) is 10.5 Å². The Bertz CT molecular complexity index is 559. The van der Waals surface area contributed by atoms with E-state index in [2.05, 4.69) is 26.1 Å². The third-order valence-corrected chi connectivity index (χ3v) is 4.57. The summed E-state index contributed by atoms with van der Waals surface area (Å²) in [5, 5.41) is 7.78. The molecule has 0 aliphatic rings. The lowest BCUT2D eigenvalue weighted by Gasteiger charge is -2.04. The average Bonchev–Trinajstić information content (AvgIpc) is 2.86. The van der Waals surface area contributed by atoms with Crippen LogP contribution in [0.5, 0.6) is 5.75 Å². The predicted octanol–water partition coefficient (Wildman–Crippen LogP) is 2.57. The predicted molar refractivity (Wildman–Crippen MR) is 78.8 cm³/mol. The molecule has 0 spiro atoms. The normalized spacial score (nSPS) is 10.4. The van der Waals surface area contributed by atoms with Gasteiger partial charge in [-0.25, -0.2) is 0 Å². The summed E-state index contributed by atoms with van der Waals surface area (Å²) in [6, 6.07) is 7.63. The number of thioether (sulfide) groups is 1. The van der Waals surface area contributed by atoms with Gasteiger partial charge in [-0.2, -0.15) is 0 Å². The molecule has 1 aromatic heterocycles. The molecule has 0 fully saturated rings. The Hall–Kier alpha value is -1.12. The van der Waals surface area contributed by atoms with Crippen LogP contribution < -0.4 is 10.5 Å². The number of primary amides is 1. The molecule has 2 N–H and O–H groups in total. The highest BCUT2D eigenvalue weighted by Crippen LogP contribution is 2.22. The number of ether oxygens (including phenoxy) is 1. The maximum absolute atomic E-state index is 10.8. The highest BCUT2D eigenvalue weighted by Gasteiger charge is 2.09. The van der Waals surface area contributed by atoms with Crippen LogP contribution in [0, 0.1) is 0 Å². The van der Waals surface area contributed by atoms with Gasteiger partial charge in [0, 0.05) is 10.2 Å². The third-order valence-electron chi connectivity index (χ3n) is 2.01. The standard InChI is InChI=1S/C11H10BrN3O2S2/c12-7-1-3-8(4-2-7)17-5-6-18-11-15-14-10(19-11)9(13)16/h1-4H,5-6H2,(H2,13,16). The molecule has 1 aromatic carbocycles. The molecule has 0 unspecified atom stereocenters. The Balaban J connectivity index is 1.74. The van der Waals surface area contributed by atoms with Crippen LogP contribution in [-0.4, -0.2) is 28.5 Å². The van der Waals surface area contributed by atoms with E-state index in [1.54, 1.807) is 0 Å². The van der Waals surface area contributed by atoms with Crippen molar-refractivity contribution in [2.24, 2.45) is 5.73 Å². The lowest BCUT2D eigenvalue weighted by atomic mass is 10.3. The molecule has 2 aromatic rings. The summed E-state index contributed by atoms with van der Waals surface area (Å²) in [7, 11) is 0. The summed E-state index contributed by atoms with van der Waals surface area (Å²) in [4.78, 5) is 10.8. The van der Waals surface area contributed by atoms with Crippen molar-refractivity contribution in [3.05, 3.63) is 33.7 Å². The molecule has 0 aliphatic heterocycles. The largest absolute Gasteiger partial charge is 0.493 e. The van der Waals surface area contributed by atoms with Gasteiger partial charge in [-0.05, 0) is 24.3 Å². The quantitative estimate of drug-likeness (QED) is 0.633. The van der Waals surface area contributed by atoms with Crippen molar-refractivity contribution in [2.75, 3.05) is 12.4 Å². The summed E-state index contributed by atoms with van der Waals surface area (Å²) in [6.07, 6.45) is 0. The van der Waals surface area contributed by atoms with E-state index in [1.807, 2.05) is 24.3 Å². The Labute approximate surface area is 126 Å². The number of halogens is 1. The van der Waals surface area contributed by atoms with Crippen molar-refractivity contribution in [3.63, 3.8) is 0 Å². The van der Waals surface area contributed by atoms with Gasteiger partial charge >= 0.3 is 0 Å². The Morgan fingerprint density at radius 1 is 1.37 bits per heavy atom. The number of benzene rings is 1. The van der Waals surface area contributed by atoms with Crippen molar-refractivity contribution in [1.29, 1.82) is 0 Å². The fraction of sp³-hybridized carbons (Fsp3) is 0.182. The van der Waals surface area contributed by atoms with Gasteiger partial charge in [-0.1, -0.05) is 39.0 Å². The van der Waals surface area contributed by atoms with Gasteiger partial charge in [0.15, 0.2) is 4.34 Å². The number of hydrogen-bond acceptors (Lipinski definition) is 6. The van der Waals surface area contributed by atoms with Crippen molar-refractivity contribution < 1.29 is 9.53 Å². The zero-order valence-electron chi connectivity index (χ0n) is 9.71. The van der Waals surface area contributed by atoms with Crippen LogP contribution in [0.3, 0.4) is 0 Å². The van der Waals surface area contributed by atoms with Gasteiger partial charge in [0.25, 0.3) is 5.91 Å². The first-order chi connectivity index (χ1) is 9.15. The zero-order valence-corrected chi connectivity index (χ0v) is 12.9. The summed E-state index contributed by atoms with van der Waals surface area (Å²) < 4.78 is 7.29. The van der Waals surface area contributed by atoms with Crippen LogP contribution in [0.25, 0.3) is 0 Å². The SMILES string of the molecule is NC(=O)c1nnc(SCCOc2ccc(Br)cc2)s1. The lowest BCUT2D eigenvalue weighted by molar-refractivity contribution is 0.0999. The van der Waals surface area contributed by atoms with E-state index >= 15 is 0 Å². The molecular formula is C11H10BrN3O2S2. The topological polar surface area (TPSA) is 78.1 Å². The first kappa shape index (κ1) is 14.3. The second-order valence-corrected chi connectivity index (χ2v) is 6.62. The molecule has 2 rings (SSSR count). The maximum atomic E-state index is 10.8. The molecule has 0 radical (unpaired) electrons. The summed E-state index contributed by atoms with van der Waals surface area (Å²) >= 11 is 6.04. The Morgan fingerprint density at radius 2 is 2.11 bits per heavy atom. The summed E-state index contributed by atoms with van der Waals surface area (Å²) in [6.45, 7) is 0.553. The van der Waals surface area contributed by atoms with Gasteiger partial charge in [0.05, 0.1) is 6.61 Å². The van der Waals surface area contributed by atoms with Crippen molar-refractivity contribution in [2.45, 2.75) is 4.34 Å². The molecule has 19 heavy (non-hydrogen) atoms. The lowest BCUT2D eigenvalue weighted by Crippen LogP contribution is -2.10. The molecule has 0 saturated heterocycles. The number of carbonyl (C=O) groups excluding carboxylic acids is 1. The Kier molecular flexibility index (Phi) is 5.17. The number of nitrogens with two attached hydrogens (primary N) is 1. The molecule has 8 heteroatoms. The second-order valence-electron chi connectivity index (χ2n) is 3.39. The number of hydrogen-bond donors (Lipinski definition) is 1. The van der Waals surface area contributed by atoms with E-state index in [1.165, 1.54) is 23.1 Å². The summed E-state index contributed by atoms with van der Waals surface area (Å²) in [5.74, 6) is 0.998. The van der Waals surface area contributed by atoms with Crippen LogP contribution in [0.15, 0.2) is 33.1 Å². The van der Waals surface area contributed by atoms with Crippen LogP contribution >= 0.6 is 39.0 Å². The minimum absolute atomic E-state index is 0.233. The second kappa shape index (κ2) is 6.88. The van der Waals surface area contributed by atoms with Gasteiger partial charge < -0.3 is 10.5 Å². The van der Waals surface area contributed by atoms with E-state index < -0.39 is 5.91 Å². The number of nitrogens with zero attached hydrogens (tertiary/aromatic N) is 2. The number of amides is 1. The molecule has 1 heterocycles. The van der Waals surface area contributed by atoms with Crippen molar-refractivity contribution in [3.8, 4) is 5.75 Å². The van der Waals surface area contributed by atoms with E-state index in [9.17, 15) is 4.79 Å². The maximum Gasteiger partial charge on any atom is 0.279 e. The minimum atomic E-state index is -0.546. The Morgan fingerprint density at radius 3 is 2.74 bits per heavy atom. The number of carbonyl (C=O) groups is 1. The number of aromatic nitrogens is 2. The van der Waals surface area contributed by atoms with Gasteiger partial charge in [-0.15, -0.1) is 10.2 Å². The smallest absolute Gasteiger partial charge is 0.279 e. The molecule has 0 bridgehead atoms. The summed E-state index contributed by atoms with van der Waals surface area (Å²) in [5.41, 5.74) is 5.10. The molecule has 0 atom stereocenters. The molecule has 5 nitrogen and oxygen atoms in total. The van der Waals surface area contributed by atoms with Crippen LogP contribution in [0.1, 0.15) is 9.80 Å². The highest BCUT2D eigenvalue weighted by atomic mass is 79.9. The highest BCUT2D eigenvalue weighted by molar-refractivity contribution is 9.10. The van der Waals surface area contributed by atoms with Gasteiger partial charge in [-0.3, -0.25) is 4.79 Å². The zero-order chi connectivity index (χ0) is 13.7. The van der Waals surface area contributed by atoms with Crippen LogP contribution in [-0.2, 0) is 0 Å². The molecule has 1 amide bonds. The van der Waals surface area contributed by atoms with E-state index in [-0.39, 0.29) is 5.01 Å². The molecule has 100 valence electrons. The third kappa shape index (κ3) is 4.48. The van der Waals surface area contributed by atoms with E-state index in [0.717, 1.165) is 16.0 Å². The monoisotopic (exact) mass is 359 g/mol. The minimum Gasteiger partial charge on any atom is -0.493 e. The number of rotatable bonds is 6. The van der Waals surface area contributed by atoms with Crippen LogP contribution in [0.4, 0.5) is 0 Å². The first-order valence-corrected chi connectivity index (χ1v) is 7.89. The molecule has 0 saturated carbocycles. The first-order valence-electron chi connectivity index (χ1n) is 5.29. The van der Waals surface area contributed by atoms with Crippen molar-refractivity contribution >= 4 is 44.9 Å².